The van der Waals surface area contributed by atoms with Crippen LogP contribution in [0.5, 0.6) is 0 Å². The minimum atomic E-state index is 0.0852. The van der Waals surface area contributed by atoms with E-state index >= 15 is 0 Å². The SMILES string of the molecule is CCN1C(=O)CS/C1=N/Nc1nncc2ccccc12. The monoisotopic (exact) mass is 287 g/mol. The first kappa shape index (κ1) is 12.9. The van der Waals surface area contributed by atoms with Crippen molar-refractivity contribution in [1.29, 1.82) is 0 Å². The molecule has 6 nitrogen and oxygen atoms in total. The molecule has 0 unspecified atom stereocenters. The normalized spacial score (nSPS) is 17.1. The number of amides is 1. The van der Waals surface area contributed by atoms with Crippen molar-refractivity contribution >= 4 is 39.4 Å². The highest BCUT2D eigenvalue weighted by Gasteiger charge is 2.26. The van der Waals surface area contributed by atoms with Crippen molar-refractivity contribution in [1.82, 2.24) is 15.1 Å². The molecule has 0 aliphatic carbocycles. The summed E-state index contributed by atoms with van der Waals surface area (Å²) in [5, 5.41) is 14.9. The number of nitrogens with one attached hydrogen (secondary N) is 1. The summed E-state index contributed by atoms with van der Waals surface area (Å²) in [5.74, 6) is 1.11. The molecule has 1 aromatic heterocycles. The number of aromatic nitrogens is 2. The van der Waals surface area contributed by atoms with Gasteiger partial charge in [0.25, 0.3) is 0 Å². The second-order valence-corrected chi connectivity index (χ2v) is 5.16. The largest absolute Gasteiger partial charge is 0.289 e. The number of carbonyl (C=O) groups is 1. The molecule has 1 amide bonds. The van der Waals surface area contributed by atoms with Crippen molar-refractivity contribution in [3.05, 3.63) is 30.5 Å². The molecule has 1 fully saturated rings. The zero-order valence-electron chi connectivity index (χ0n) is 10.9. The van der Waals surface area contributed by atoms with Crippen LogP contribution >= 0.6 is 11.8 Å². The van der Waals surface area contributed by atoms with E-state index in [0.717, 1.165) is 10.8 Å². The van der Waals surface area contributed by atoms with Crippen molar-refractivity contribution in [3.63, 3.8) is 0 Å². The zero-order chi connectivity index (χ0) is 13.9. The van der Waals surface area contributed by atoms with Crippen LogP contribution in [0.25, 0.3) is 10.8 Å². The van der Waals surface area contributed by atoms with Gasteiger partial charge >= 0.3 is 0 Å². The van der Waals surface area contributed by atoms with Gasteiger partial charge in [-0.05, 0) is 6.92 Å². The van der Waals surface area contributed by atoms with Crippen molar-refractivity contribution < 1.29 is 4.79 Å². The second kappa shape index (κ2) is 5.46. The smallest absolute Gasteiger partial charge is 0.239 e. The summed E-state index contributed by atoms with van der Waals surface area (Å²) in [7, 11) is 0. The molecule has 7 heteroatoms. The van der Waals surface area contributed by atoms with Crippen LogP contribution in [0.1, 0.15) is 6.92 Å². The number of rotatable bonds is 3. The Balaban J connectivity index is 1.89. The number of hydrazone groups is 1. The van der Waals surface area contributed by atoms with Gasteiger partial charge in [-0.1, -0.05) is 36.0 Å². The summed E-state index contributed by atoms with van der Waals surface area (Å²) in [6.45, 7) is 2.55. The predicted octanol–water partition coefficient (Wildman–Crippen LogP) is 1.91. The van der Waals surface area contributed by atoms with Crippen molar-refractivity contribution in [2.24, 2.45) is 5.10 Å². The highest BCUT2D eigenvalue weighted by molar-refractivity contribution is 8.15. The molecule has 0 atom stereocenters. The maximum absolute atomic E-state index is 11.6. The number of benzene rings is 1. The van der Waals surface area contributed by atoms with Gasteiger partial charge in [0, 0.05) is 17.3 Å². The molecule has 1 aromatic carbocycles. The number of carbonyl (C=O) groups excluding carboxylic acids is 1. The third kappa shape index (κ3) is 2.32. The quantitative estimate of drug-likeness (QED) is 0.873. The average Bonchev–Trinajstić information content (AvgIpc) is 2.85. The second-order valence-electron chi connectivity index (χ2n) is 4.21. The van der Waals surface area contributed by atoms with Gasteiger partial charge in [0.2, 0.25) is 5.91 Å². The van der Waals surface area contributed by atoms with Gasteiger partial charge < -0.3 is 0 Å². The van der Waals surface area contributed by atoms with Crippen LogP contribution in [-0.4, -0.2) is 38.5 Å². The Kier molecular flexibility index (Phi) is 3.51. The zero-order valence-corrected chi connectivity index (χ0v) is 11.7. The fourth-order valence-electron chi connectivity index (χ4n) is 2.00. The number of hydrogen-bond donors (Lipinski definition) is 1. The number of hydrogen-bond acceptors (Lipinski definition) is 6. The van der Waals surface area contributed by atoms with Gasteiger partial charge in [-0.15, -0.1) is 10.2 Å². The third-order valence-electron chi connectivity index (χ3n) is 3.00. The van der Waals surface area contributed by atoms with Crippen molar-refractivity contribution in [2.45, 2.75) is 6.92 Å². The first-order valence-corrected chi connectivity index (χ1v) is 7.25. The molecule has 0 radical (unpaired) electrons. The van der Waals surface area contributed by atoms with Crippen LogP contribution in [0.15, 0.2) is 35.6 Å². The van der Waals surface area contributed by atoms with E-state index in [1.165, 1.54) is 11.8 Å². The minimum absolute atomic E-state index is 0.0852. The summed E-state index contributed by atoms with van der Waals surface area (Å²) in [5.41, 5.74) is 2.91. The molecule has 2 aromatic rings. The van der Waals surface area contributed by atoms with E-state index in [0.29, 0.717) is 23.3 Å². The minimum Gasteiger partial charge on any atom is -0.289 e. The van der Waals surface area contributed by atoms with E-state index < -0.39 is 0 Å². The molecule has 102 valence electrons. The Morgan fingerprint density at radius 3 is 3.15 bits per heavy atom. The number of nitrogens with zero attached hydrogens (tertiary/aromatic N) is 4. The van der Waals surface area contributed by atoms with Gasteiger partial charge in [-0.3, -0.25) is 15.1 Å². The molecule has 2 heterocycles. The van der Waals surface area contributed by atoms with Gasteiger partial charge in [-0.2, -0.15) is 5.10 Å². The van der Waals surface area contributed by atoms with Crippen molar-refractivity contribution in [2.75, 3.05) is 17.7 Å². The lowest BCUT2D eigenvalue weighted by Gasteiger charge is -2.12. The molecule has 20 heavy (non-hydrogen) atoms. The lowest BCUT2D eigenvalue weighted by atomic mass is 10.2. The first-order chi connectivity index (χ1) is 9.79. The highest BCUT2D eigenvalue weighted by atomic mass is 32.2. The standard InChI is InChI=1S/C13H13N5OS/c1-2-18-11(19)8-20-13(18)17-16-12-10-6-4-3-5-9(10)7-14-15-12/h3-7H,2,8H2,1H3,(H,15,16)/b17-13+. The molecular formula is C13H13N5OS. The topological polar surface area (TPSA) is 70.5 Å². The van der Waals surface area contributed by atoms with Crippen LogP contribution in [0.4, 0.5) is 5.82 Å². The van der Waals surface area contributed by atoms with Crippen molar-refractivity contribution in [3.8, 4) is 0 Å². The Hall–Kier alpha value is -2.15. The summed E-state index contributed by atoms with van der Waals surface area (Å²) in [6.07, 6.45) is 1.71. The number of anilines is 1. The summed E-state index contributed by atoms with van der Waals surface area (Å²) < 4.78 is 0. The molecule has 0 bridgehead atoms. The number of thioether (sulfide) groups is 1. The number of amidine groups is 1. The molecule has 0 saturated carbocycles. The Bertz CT molecular complexity index is 682. The molecular weight excluding hydrogens is 274 g/mol. The maximum Gasteiger partial charge on any atom is 0.239 e. The lowest BCUT2D eigenvalue weighted by Crippen LogP contribution is -2.29. The van der Waals surface area contributed by atoms with E-state index in [-0.39, 0.29) is 5.91 Å². The van der Waals surface area contributed by atoms with Gasteiger partial charge in [0.15, 0.2) is 11.0 Å². The molecule has 3 rings (SSSR count). The molecule has 0 spiro atoms. The van der Waals surface area contributed by atoms with E-state index in [9.17, 15) is 4.79 Å². The van der Waals surface area contributed by atoms with Gasteiger partial charge in [-0.25, -0.2) is 0 Å². The van der Waals surface area contributed by atoms with E-state index in [1.54, 1.807) is 11.1 Å². The Labute approximate surface area is 120 Å². The van der Waals surface area contributed by atoms with Crippen LogP contribution in [-0.2, 0) is 4.79 Å². The van der Waals surface area contributed by atoms with E-state index in [1.807, 2.05) is 31.2 Å². The fraction of sp³-hybridized carbons (Fsp3) is 0.231. The van der Waals surface area contributed by atoms with Gasteiger partial charge in [0.1, 0.15) is 0 Å². The Morgan fingerprint density at radius 2 is 2.30 bits per heavy atom. The Morgan fingerprint density at radius 1 is 1.45 bits per heavy atom. The summed E-state index contributed by atoms with van der Waals surface area (Å²) in [4.78, 5) is 13.3. The fourth-order valence-corrected chi connectivity index (χ4v) is 2.91. The molecule has 1 aliphatic rings. The first-order valence-electron chi connectivity index (χ1n) is 6.27. The van der Waals surface area contributed by atoms with Crippen LogP contribution in [0, 0.1) is 0 Å². The molecule has 1 aliphatic heterocycles. The lowest BCUT2D eigenvalue weighted by molar-refractivity contribution is -0.123. The van der Waals surface area contributed by atoms with E-state index in [2.05, 4.69) is 20.7 Å². The summed E-state index contributed by atoms with van der Waals surface area (Å²) >= 11 is 1.42. The van der Waals surface area contributed by atoms with Crippen LogP contribution in [0.2, 0.25) is 0 Å². The molecule has 1 saturated heterocycles. The van der Waals surface area contributed by atoms with Crippen LogP contribution < -0.4 is 5.43 Å². The van der Waals surface area contributed by atoms with Crippen LogP contribution in [0.3, 0.4) is 0 Å². The summed E-state index contributed by atoms with van der Waals surface area (Å²) in [6, 6.07) is 7.81. The third-order valence-corrected chi connectivity index (χ3v) is 3.96. The molecule has 1 N–H and O–H groups in total. The average molecular weight is 287 g/mol. The maximum atomic E-state index is 11.6. The highest BCUT2D eigenvalue weighted by Crippen LogP contribution is 2.22. The number of fused-ring (bicyclic) bond motifs is 1. The van der Waals surface area contributed by atoms with E-state index in [4.69, 9.17) is 0 Å². The predicted molar refractivity (Wildman–Crippen MR) is 80.4 cm³/mol. The van der Waals surface area contributed by atoms with Gasteiger partial charge in [0.05, 0.1) is 11.9 Å².